The highest BCUT2D eigenvalue weighted by atomic mass is 16.5. The van der Waals surface area contributed by atoms with Crippen LogP contribution in [0.5, 0.6) is 5.75 Å². The second-order valence-corrected chi connectivity index (χ2v) is 6.16. The Labute approximate surface area is 145 Å². The van der Waals surface area contributed by atoms with E-state index < -0.39 is 0 Å². The van der Waals surface area contributed by atoms with E-state index in [-0.39, 0.29) is 0 Å². The lowest BCUT2D eigenvalue weighted by Crippen LogP contribution is -1.85. The van der Waals surface area contributed by atoms with Crippen molar-refractivity contribution in [2.45, 2.75) is 20.8 Å². The van der Waals surface area contributed by atoms with Crippen LogP contribution in [0.4, 0.5) is 0 Å². The van der Waals surface area contributed by atoms with Gasteiger partial charge in [0.1, 0.15) is 11.3 Å². The van der Waals surface area contributed by atoms with Crippen molar-refractivity contribution in [2.24, 2.45) is 0 Å². The van der Waals surface area contributed by atoms with E-state index in [0.717, 1.165) is 33.4 Å². The Morgan fingerprint density at radius 2 is 1.84 bits per heavy atom. The van der Waals surface area contributed by atoms with E-state index >= 15 is 0 Å². The Balaban J connectivity index is 1.80. The molecule has 0 spiro atoms. The zero-order chi connectivity index (χ0) is 17.6. The van der Waals surface area contributed by atoms with Gasteiger partial charge in [-0.1, -0.05) is 22.9 Å². The van der Waals surface area contributed by atoms with Crippen LogP contribution in [-0.4, -0.2) is 17.3 Å². The maximum Gasteiger partial charge on any atom is 0.258 e. The van der Waals surface area contributed by atoms with Gasteiger partial charge in [-0.25, -0.2) is 0 Å². The van der Waals surface area contributed by atoms with Crippen molar-refractivity contribution >= 4 is 11.0 Å². The first-order valence-corrected chi connectivity index (χ1v) is 8.05. The van der Waals surface area contributed by atoms with Crippen molar-refractivity contribution in [3.8, 4) is 28.8 Å². The molecule has 0 aliphatic rings. The molecule has 2 heterocycles. The quantitative estimate of drug-likeness (QED) is 0.522. The van der Waals surface area contributed by atoms with Crippen LogP contribution in [0, 0.1) is 20.8 Å². The maximum atomic E-state index is 5.94. The Morgan fingerprint density at radius 3 is 2.60 bits per heavy atom. The van der Waals surface area contributed by atoms with Gasteiger partial charge in [0.05, 0.1) is 7.11 Å². The van der Waals surface area contributed by atoms with E-state index in [0.29, 0.717) is 17.5 Å². The molecule has 0 radical (unpaired) electrons. The summed E-state index contributed by atoms with van der Waals surface area (Å²) in [6.45, 7) is 6.07. The molecule has 25 heavy (non-hydrogen) atoms. The third-order valence-electron chi connectivity index (χ3n) is 4.38. The number of benzene rings is 2. The molecule has 0 aliphatic heterocycles. The number of methoxy groups -OCH3 is 1. The van der Waals surface area contributed by atoms with E-state index in [1.165, 1.54) is 5.56 Å². The van der Waals surface area contributed by atoms with E-state index in [2.05, 4.69) is 23.1 Å². The number of hydrogen-bond acceptors (Lipinski definition) is 5. The van der Waals surface area contributed by atoms with Gasteiger partial charge in [-0.3, -0.25) is 0 Å². The maximum absolute atomic E-state index is 5.94. The summed E-state index contributed by atoms with van der Waals surface area (Å²) in [5, 5.41) is 5.09. The summed E-state index contributed by atoms with van der Waals surface area (Å²) >= 11 is 0. The molecular formula is C20H18N2O3. The molecule has 0 fully saturated rings. The highest BCUT2D eigenvalue weighted by molar-refractivity contribution is 5.87. The summed E-state index contributed by atoms with van der Waals surface area (Å²) in [5.74, 6) is 2.34. The highest BCUT2D eigenvalue weighted by Crippen LogP contribution is 2.34. The summed E-state index contributed by atoms with van der Waals surface area (Å²) < 4.78 is 16.7. The largest absolute Gasteiger partial charge is 0.497 e. The lowest BCUT2D eigenvalue weighted by Gasteiger charge is -2.01. The summed E-state index contributed by atoms with van der Waals surface area (Å²) in [4.78, 5) is 4.54. The number of furan rings is 1. The van der Waals surface area contributed by atoms with Crippen molar-refractivity contribution < 1.29 is 13.7 Å². The van der Waals surface area contributed by atoms with Crippen LogP contribution in [0.15, 0.2) is 45.3 Å². The van der Waals surface area contributed by atoms with Gasteiger partial charge in [0.25, 0.3) is 5.89 Å². The van der Waals surface area contributed by atoms with Gasteiger partial charge in [-0.2, -0.15) is 4.98 Å². The lowest BCUT2D eigenvalue weighted by atomic mass is 10.1. The SMILES string of the molecule is COc1ccc2oc(-c3noc(-c4ccc(C)cc4C)n3)c(C)c2c1. The number of nitrogens with zero attached hydrogens (tertiary/aromatic N) is 2. The van der Waals surface area contributed by atoms with Gasteiger partial charge in [0.15, 0.2) is 5.76 Å². The summed E-state index contributed by atoms with van der Waals surface area (Å²) in [6.07, 6.45) is 0. The Bertz CT molecular complexity index is 1080. The molecule has 4 rings (SSSR count). The Morgan fingerprint density at radius 1 is 1.00 bits per heavy atom. The van der Waals surface area contributed by atoms with Crippen LogP contribution in [0.3, 0.4) is 0 Å². The second-order valence-electron chi connectivity index (χ2n) is 6.16. The Hall–Kier alpha value is -3.08. The molecule has 0 bridgehead atoms. The zero-order valence-electron chi connectivity index (χ0n) is 14.6. The number of rotatable bonds is 3. The molecule has 126 valence electrons. The summed E-state index contributed by atoms with van der Waals surface area (Å²) in [5.41, 5.74) is 4.96. The molecule has 5 heteroatoms. The van der Waals surface area contributed by atoms with Gasteiger partial charge in [0.2, 0.25) is 5.82 Å². The standard InChI is InChI=1S/C20H18N2O3/c1-11-5-7-15(12(2)9-11)20-21-19(22-25-20)18-13(3)16-10-14(23-4)6-8-17(16)24-18/h5-10H,1-4H3. The van der Waals surface area contributed by atoms with Gasteiger partial charge in [-0.15, -0.1) is 0 Å². The molecule has 5 nitrogen and oxygen atoms in total. The van der Waals surface area contributed by atoms with Gasteiger partial charge in [-0.05, 0) is 50.6 Å². The van der Waals surface area contributed by atoms with Gasteiger partial charge < -0.3 is 13.7 Å². The van der Waals surface area contributed by atoms with Crippen LogP contribution >= 0.6 is 0 Å². The van der Waals surface area contributed by atoms with Crippen LogP contribution in [0.25, 0.3) is 34.0 Å². The number of ether oxygens (including phenoxy) is 1. The topological polar surface area (TPSA) is 61.3 Å². The van der Waals surface area contributed by atoms with Crippen molar-refractivity contribution in [3.05, 3.63) is 53.1 Å². The number of aromatic nitrogens is 2. The molecule has 2 aromatic heterocycles. The predicted molar refractivity (Wildman–Crippen MR) is 95.7 cm³/mol. The van der Waals surface area contributed by atoms with Crippen LogP contribution in [0.1, 0.15) is 16.7 Å². The van der Waals surface area contributed by atoms with Crippen molar-refractivity contribution in [3.63, 3.8) is 0 Å². The molecule has 0 saturated carbocycles. The molecule has 0 saturated heterocycles. The monoisotopic (exact) mass is 334 g/mol. The molecular weight excluding hydrogens is 316 g/mol. The fraction of sp³-hybridized carbons (Fsp3) is 0.200. The fourth-order valence-corrected chi connectivity index (χ4v) is 3.02. The first-order chi connectivity index (χ1) is 12.1. The van der Waals surface area contributed by atoms with E-state index in [4.69, 9.17) is 13.7 Å². The fourth-order valence-electron chi connectivity index (χ4n) is 3.02. The number of aryl methyl sites for hydroxylation is 3. The van der Waals surface area contributed by atoms with Crippen molar-refractivity contribution in [2.75, 3.05) is 7.11 Å². The average Bonchev–Trinajstić information content (AvgIpc) is 3.20. The van der Waals surface area contributed by atoms with Gasteiger partial charge in [0, 0.05) is 16.5 Å². The van der Waals surface area contributed by atoms with Crippen molar-refractivity contribution in [1.82, 2.24) is 10.1 Å². The van der Waals surface area contributed by atoms with Crippen LogP contribution in [0.2, 0.25) is 0 Å². The summed E-state index contributed by atoms with van der Waals surface area (Å²) in [6, 6.07) is 11.8. The molecule has 2 aromatic carbocycles. The average molecular weight is 334 g/mol. The van der Waals surface area contributed by atoms with E-state index in [1.807, 2.05) is 44.2 Å². The minimum absolute atomic E-state index is 0.447. The molecule has 0 amide bonds. The molecule has 0 N–H and O–H groups in total. The molecule has 0 aliphatic carbocycles. The first kappa shape index (κ1) is 15.4. The van der Waals surface area contributed by atoms with Crippen LogP contribution in [-0.2, 0) is 0 Å². The lowest BCUT2D eigenvalue weighted by molar-refractivity contribution is 0.415. The minimum atomic E-state index is 0.447. The highest BCUT2D eigenvalue weighted by Gasteiger charge is 2.19. The number of fused-ring (bicyclic) bond motifs is 1. The first-order valence-electron chi connectivity index (χ1n) is 8.05. The molecule has 0 atom stereocenters. The molecule has 4 aromatic rings. The normalized spacial score (nSPS) is 11.2. The third kappa shape index (κ3) is 2.58. The second kappa shape index (κ2) is 5.77. The molecule has 0 unspecified atom stereocenters. The van der Waals surface area contributed by atoms with Crippen molar-refractivity contribution in [1.29, 1.82) is 0 Å². The zero-order valence-corrected chi connectivity index (χ0v) is 14.6. The van der Waals surface area contributed by atoms with Gasteiger partial charge >= 0.3 is 0 Å². The predicted octanol–water partition coefficient (Wildman–Crippen LogP) is 5.08. The van der Waals surface area contributed by atoms with Crippen LogP contribution < -0.4 is 4.74 Å². The Kier molecular flexibility index (Phi) is 3.57. The smallest absolute Gasteiger partial charge is 0.258 e. The number of hydrogen-bond donors (Lipinski definition) is 0. The summed E-state index contributed by atoms with van der Waals surface area (Å²) in [7, 11) is 1.65. The minimum Gasteiger partial charge on any atom is -0.497 e. The van der Waals surface area contributed by atoms with E-state index in [1.54, 1.807) is 7.11 Å². The third-order valence-corrected chi connectivity index (χ3v) is 4.38. The van der Waals surface area contributed by atoms with E-state index in [9.17, 15) is 0 Å².